The third-order valence-electron chi connectivity index (χ3n) is 5.61. The summed E-state index contributed by atoms with van der Waals surface area (Å²) < 4.78 is 53.4. The molecule has 2 N–H and O–H groups in total. The van der Waals surface area contributed by atoms with E-state index in [-0.39, 0.29) is 25.9 Å². The predicted octanol–water partition coefficient (Wildman–Crippen LogP) is 2.77. The van der Waals surface area contributed by atoms with Crippen LogP contribution in [0.5, 0.6) is 0 Å². The van der Waals surface area contributed by atoms with Crippen LogP contribution in [0.25, 0.3) is 11.3 Å². The molecule has 1 atom stereocenters. The van der Waals surface area contributed by atoms with Gasteiger partial charge in [-0.25, -0.2) is 13.9 Å². The zero-order valence-corrected chi connectivity index (χ0v) is 14.8. The molecule has 0 radical (unpaired) electrons. The van der Waals surface area contributed by atoms with Crippen LogP contribution in [-0.2, 0) is 10.2 Å². The molecule has 1 spiro atoms. The number of pyridine rings is 1. The Hall–Kier alpha value is -1.90. The number of nitrogens with zero attached hydrogens (tertiary/aromatic N) is 2. The highest BCUT2D eigenvalue weighted by Gasteiger charge is 2.81. The van der Waals surface area contributed by atoms with E-state index < -0.39 is 27.5 Å². The first kappa shape index (κ1) is 17.5. The molecule has 1 aromatic carbocycles. The molecule has 1 aliphatic carbocycles. The van der Waals surface area contributed by atoms with Gasteiger partial charge in [-0.1, -0.05) is 36.4 Å². The number of hydrogen-bond donors (Lipinski definition) is 1. The van der Waals surface area contributed by atoms with Gasteiger partial charge in [0.2, 0.25) is 0 Å². The van der Waals surface area contributed by atoms with Gasteiger partial charge in [0, 0.05) is 18.7 Å². The summed E-state index contributed by atoms with van der Waals surface area (Å²) in [5.74, 6) is -3.87. The van der Waals surface area contributed by atoms with Crippen molar-refractivity contribution in [2.24, 2.45) is 10.6 Å². The monoisotopic (exact) mass is 379 g/mol. The van der Waals surface area contributed by atoms with Crippen LogP contribution in [0, 0.1) is 5.41 Å². The van der Waals surface area contributed by atoms with Crippen molar-refractivity contribution >= 4 is 10.2 Å². The van der Waals surface area contributed by atoms with Gasteiger partial charge in [-0.2, -0.15) is 12.7 Å². The quantitative estimate of drug-likeness (QED) is 0.891. The molecule has 4 rings (SSSR count). The number of benzene rings is 1. The Morgan fingerprint density at radius 1 is 1.04 bits per heavy atom. The van der Waals surface area contributed by atoms with Gasteiger partial charge in [0.1, 0.15) is 0 Å². The Labute approximate surface area is 151 Å². The number of rotatable bonds is 3. The predicted molar refractivity (Wildman–Crippen MR) is 93.7 cm³/mol. The maximum atomic E-state index is 14.7. The highest BCUT2D eigenvalue weighted by atomic mass is 32.2. The van der Waals surface area contributed by atoms with E-state index in [0.29, 0.717) is 11.4 Å². The molecule has 26 heavy (non-hydrogen) atoms. The van der Waals surface area contributed by atoms with Crippen LogP contribution in [0.15, 0.2) is 48.5 Å². The summed E-state index contributed by atoms with van der Waals surface area (Å²) in [6.07, 6.45) is 0.163. The second kappa shape index (κ2) is 5.80. The zero-order chi connectivity index (χ0) is 18.6. The van der Waals surface area contributed by atoms with Crippen molar-refractivity contribution in [1.82, 2.24) is 9.29 Å². The number of alkyl halides is 2. The lowest BCUT2D eigenvalue weighted by molar-refractivity contribution is 0.0412. The van der Waals surface area contributed by atoms with Gasteiger partial charge in [0.15, 0.2) is 0 Å². The smallest absolute Gasteiger partial charge is 0.252 e. The third-order valence-corrected chi connectivity index (χ3v) is 6.69. The minimum Gasteiger partial charge on any atom is -0.252 e. The van der Waals surface area contributed by atoms with E-state index in [1.807, 2.05) is 30.3 Å². The Morgan fingerprint density at radius 3 is 2.31 bits per heavy atom. The van der Waals surface area contributed by atoms with Crippen molar-refractivity contribution in [2.45, 2.75) is 24.7 Å². The molecule has 1 saturated carbocycles. The number of aromatic nitrogens is 1. The van der Waals surface area contributed by atoms with Crippen LogP contribution < -0.4 is 5.14 Å². The van der Waals surface area contributed by atoms with Gasteiger partial charge >= 0.3 is 0 Å². The van der Waals surface area contributed by atoms with E-state index in [0.717, 1.165) is 9.87 Å². The lowest BCUT2D eigenvalue weighted by Crippen LogP contribution is -2.43. The summed E-state index contributed by atoms with van der Waals surface area (Å²) in [5.41, 5.74) is 0.663. The van der Waals surface area contributed by atoms with Crippen molar-refractivity contribution in [3.8, 4) is 11.3 Å². The average molecular weight is 379 g/mol. The molecule has 5 nitrogen and oxygen atoms in total. The van der Waals surface area contributed by atoms with Crippen LogP contribution in [0.1, 0.15) is 24.5 Å². The SMILES string of the molecule is NS(=O)(=O)N1CCC2(CC1)C(c1cccc(-c3ccccc3)n1)C2(F)F. The Kier molecular flexibility index (Phi) is 3.91. The Morgan fingerprint density at radius 2 is 1.69 bits per heavy atom. The fourth-order valence-corrected chi connectivity index (χ4v) is 4.81. The maximum absolute atomic E-state index is 14.7. The summed E-state index contributed by atoms with van der Waals surface area (Å²) in [4.78, 5) is 4.48. The molecule has 2 aliphatic rings. The second-order valence-electron chi connectivity index (χ2n) is 6.97. The normalized spacial score (nSPS) is 24.5. The summed E-state index contributed by atoms with van der Waals surface area (Å²) in [6.45, 7) is 0.0343. The second-order valence-corrected chi connectivity index (χ2v) is 8.52. The third kappa shape index (κ3) is 2.64. The van der Waals surface area contributed by atoms with Crippen LogP contribution in [-0.4, -0.2) is 36.7 Å². The molecule has 0 bridgehead atoms. The molecule has 2 aromatic rings. The maximum Gasteiger partial charge on any atom is 0.276 e. The summed E-state index contributed by atoms with van der Waals surface area (Å²) in [7, 11) is -3.84. The molecule has 1 saturated heterocycles. The Balaban J connectivity index is 1.61. The van der Waals surface area contributed by atoms with E-state index in [9.17, 15) is 17.2 Å². The van der Waals surface area contributed by atoms with Gasteiger partial charge in [-0.15, -0.1) is 0 Å². The van der Waals surface area contributed by atoms with E-state index in [1.165, 1.54) is 0 Å². The summed E-state index contributed by atoms with van der Waals surface area (Å²) in [6, 6.07) is 14.6. The molecule has 1 aromatic heterocycles. The van der Waals surface area contributed by atoms with Crippen molar-refractivity contribution in [1.29, 1.82) is 0 Å². The van der Waals surface area contributed by atoms with Gasteiger partial charge in [-0.3, -0.25) is 4.98 Å². The molecular formula is C18H19F2N3O2S. The first-order chi connectivity index (χ1) is 12.3. The van der Waals surface area contributed by atoms with Crippen LogP contribution in [0.4, 0.5) is 8.78 Å². The number of piperidine rings is 1. The largest absolute Gasteiger partial charge is 0.276 e. The first-order valence-electron chi connectivity index (χ1n) is 8.44. The van der Waals surface area contributed by atoms with E-state index in [1.54, 1.807) is 18.2 Å². The van der Waals surface area contributed by atoms with Crippen LogP contribution in [0.2, 0.25) is 0 Å². The molecule has 138 valence electrons. The van der Waals surface area contributed by atoms with E-state index in [4.69, 9.17) is 5.14 Å². The van der Waals surface area contributed by atoms with Gasteiger partial charge in [0.05, 0.1) is 22.7 Å². The fourth-order valence-electron chi connectivity index (χ4n) is 4.12. The van der Waals surface area contributed by atoms with Crippen molar-refractivity contribution in [3.63, 3.8) is 0 Å². The minimum atomic E-state index is -3.84. The standard InChI is InChI=1S/C18H19F2N3O2S/c19-18(20)16(17(18)9-11-23(12-10-17)26(21,24)25)15-8-4-7-14(22-15)13-5-2-1-3-6-13/h1-8,16H,9-12H2,(H2,21,24,25). The van der Waals surface area contributed by atoms with Gasteiger partial charge in [0.25, 0.3) is 16.1 Å². The zero-order valence-electron chi connectivity index (χ0n) is 14.0. The lowest BCUT2D eigenvalue weighted by Gasteiger charge is -2.30. The molecule has 2 fully saturated rings. The molecule has 0 amide bonds. The van der Waals surface area contributed by atoms with Crippen LogP contribution in [0.3, 0.4) is 0 Å². The number of hydrogen-bond acceptors (Lipinski definition) is 3. The number of nitrogens with two attached hydrogens (primary N) is 1. The minimum absolute atomic E-state index is 0.0172. The number of halogens is 2. The molecule has 2 heterocycles. The average Bonchev–Trinajstić information content (AvgIpc) is 3.09. The molecule has 1 aliphatic heterocycles. The lowest BCUT2D eigenvalue weighted by atomic mass is 9.90. The highest BCUT2D eigenvalue weighted by Crippen LogP contribution is 2.75. The van der Waals surface area contributed by atoms with E-state index >= 15 is 0 Å². The Bertz CT molecular complexity index is 926. The summed E-state index contributed by atoms with van der Waals surface area (Å²) >= 11 is 0. The topological polar surface area (TPSA) is 76.3 Å². The van der Waals surface area contributed by atoms with Gasteiger partial charge < -0.3 is 0 Å². The van der Waals surface area contributed by atoms with Gasteiger partial charge in [-0.05, 0) is 25.0 Å². The van der Waals surface area contributed by atoms with Crippen molar-refractivity contribution < 1.29 is 17.2 Å². The highest BCUT2D eigenvalue weighted by molar-refractivity contribution is 7.86. The van der Waals surface area contributed by atoms with Crippen LogP contribution >= 0.6 is 0 Å². The molecular weight excluding hydrogens is 360 g/mol. The molecule has 8 heteroatoms. The molecule has 1 unspecified atom stereocenters. The fraction of sp³-hybridized carbons (Fsp3) is 0.389. The van der Waals surface area contributed by atoms with Crippen molar-refractivity contribution in [2.75, 3.05) is 13.1 Å². The van der Waals surface area contributed by atoms with E-state index in [2.05, 4.69) is 4.98 Å². The first-order valence-corrected chi connectivity index (χ1v) is 9.94. The summed E-state index contributed by atoms with van der Waals surface area (Å²) in [5, 5.41) is 5.12. The van der Waals surface area contributed by atoms with Crippen molar-refractivity contribution in [3.05, 3.63) is 54.2 Å².